The lowest BCUT2D eigenvalue weighted by molar-refractivity contribution is 0.107. The van der Waals surface area contributed by atoms with Crippen molar-refractivity contribution in [2.75, 3.05) is 33.9 Å². The van der Waals surface area contributed by atoms with Crippen molar-refractivity contribution in [1.29, 1.82) is 5.26 Å². The Morgan fingerprint density at radius 2 is 1.97 bits per heavy atom. The zero-order valence-electron chi connectivity index (χ0n) is 16.6. The molecule has 1 atom stereocenters. The van der Waals surface area contributed by atoms with Crippen LogP contribution in [0.1, 0.15) is 11.1 Å². The number of H-pyrrole nitrogens is 1. The lowest BCUT2D eigenvalue weighted by Gasteiger charge is -2.14. The van der Waals surface area contributed by atoms with Crippen LogP contribution in [0.25, 0.3) is 10.9 Å². The minimum atomic E-state index is -0.667. The number of aromatic nitrogens is 1. The van der Waals surface area contributed by atoms with E-state index in [4.69, 9.17) is 14.2 Å². The number of nitrogens with one attached hydrogen (secondary N) is 2. The van der Waals surface area contributed by atoms with E-state index in [2.05, 4.69) is 16.4 Å². The number of hydrogen-bond acceptors (Lipinski definition) is 6. The van der Waals surface area contributed by atoms with Crippen LogP contribution in [0.5, 0.6) is 17.2 Å². The van der Waals surface area contributed by atoms with E-state index < -0.39 is 6.10 Å². The second kappa shape index (κ2) is 9.82. The molecule has 0 saturated heterocycles. The van der Waals surface area contributed by atoms with Crippen LogP contribution in [0.4, 0.5) is 0 Å². The molecule has 0 aliphatic carbocycles. The molecule has 0 radical (unpaired) electrons. The van der Waals surface area contributed by atoms with E-state index in [-0.39, 0.29) is 6.61 Å². The van der Waals surface area contributed by atoms with Gasteiger partial charge >= 0.3 is 0 Å². The molecule has 3 N–H and O–H groups in total. The molecule has 0 amide bonds. The van der Waals surface area contributed by atoms with E-state index >= 15 is 0 Å². The molecule has 7 nitrogen and oxygen atoms in total. The maximum absolute atomic E-state index is 10.2. The van der Waals surface area contributed by atoms with Crippen LogP contribution in [-0.2, 0) is 6.42 Å². The fourth-order valence-corrected chi connectivity index (χ4v) is 3.14. The Morgan fingerprint density at radius 1 is 1.14 bits per heavy atom. The lowest BCUT2D eigenvalue weighted by Crippen LogP contribution is -2.32. The summed E-state index contributed by atoms with van der Waals surface area (Å²) in [7, 11) is 3.23. The van der Waals surface area contributed by atoms with Gasteiger partial charge in [0.15, 0.2) is 11.5 Å². The summed E-state index contributed by atoms with van der Waals surface area (Å²) in [6.45, 7) is 1.25. The first-order valence-electron chi connectivity index (χ1n) is 9.39. The molecule has 1 heterocycles. The quantitative estimate of drug-likeness (QED) is 0.457. The number of benzene rings is 2. The molecule has 3 rings (SSSR count). The number of nitriles is 1. The van der Waals surface area contributed by atoms with Crippen LogP contribution in [0.2, 0.25) is 0 Å². The predicted molar refractivity (Wildman–Crippen MR) is 111 cm³/mol. The van der Waals surface area contributed by atoms with Gasteiger partial charge in [-0.3, -0.25) is 0 Å². The van der Waals surface area contributed by atoms with E-state index in [9.17, 15) is 10.4 Å². The Balaban J connectivity index is 1.46. The average molecular weight is 395 g/mol. The molecule has 29 heavy (non-hydrogen) atoms. The third-order valence-corrected chi connectivity index (χ3v) is 4.64. The summed E-state index contributed by atoms with van der Waals surface area (Å²) in [4.78, 5) is 3.05. The highest BCUT2D eigenvalue weighted by Gasteiger charge is 2.11. The minimum absolute atomic E-state index is 0.137. The molecule has 0 aliphatic rings. The number of aliphatic hydroxyl groups is 1. The van der Waals surface area contributed by atoms with Gasteiger partial charge in [0, 0.05) is 12.7 Å². The normalized spacial score (nSPS) is 11.8. The maximum atomic E-state index is 10.2. The molecule has 7 heteroatoms. The molecule has 3 aromatic rings. The van der Waals surface area contributed by atoms with E-state index in [0.717, 1.165) is 22.9 Å². The first kappa shape index (κ1) is 20.5. The topological polar surface area (TPSA) is 99.5 Å². The molecule has 0 bridgehead atoms. The van der Waals surface area contributed by atoms with Crippen LogP contribution in [0.3, 0.4) is 0 Å². The van der Waals surface area contributed by atoms with Crippen molar-refractivity contribution in [3.63, 3.8) is 0 Å². The number of methoxy groups -OCH3 is 2. The van der Waals surface area contributed by atoms with Gasteiger partial charge < -0.3 is 29.6 Å². The van der Waals surface area contributed by atoms with Gasteiger partial charge in [-0.05, 0) is 42.8 Å². The van der Waals surface area contributed by atoms with Gasteiger partial charge in [-0.15, -0.1) is 0 Å². The monoisotopic (exact) mass is 395 g/mol. The second-order valence-corrected chi connectivity index (χ2v) is 6.60. The summed E-state index contributed by atoms with van der Waals surface area (Å²) >= 11 is 0. The highest BCUT2D eigenvalue weighted by Crippen LogP contribution is 2.29. The van der Waals surface area contributed by atoms with Gasteiger partial charge in [-0.1, -0.05) is 12.1 Å². The average Bonchev–Trinajstić information content (AvgIpc) is 3.19. The lowest BCUT2D eigenvalue weighted by atomic mass is 10.1. The first-order chi connectivity index (χ1) is 14.2. The van der Waals surface area contributed by atoms with Gasteiger partial charge in [0.2, 0.25) is 0 Å². The number of rotatable bonds is 10. The summed E-state index contributed by atoms with van der Waals surface area (Å²) in [5.74, 6) is 1.99. The number of hydrogen-bond donors (Lipinski definition) is 3. The summed E-state index contributed by atoms with van der Waals surface area (Å²) in [6, 6.07) is 13.5. The van der Waals surface area contributed by atoms with Crippen LogP contribution in [-0.4, -0.2) is 50.1 Å². The first-order valence-corrected chi connectivity index (χ1v) is 9.39. The SMILES string of the molecule is COc1ccc(CCNCC(O)COc2cccc3[nH]cc(C#N)c23)cc1OC. The number of aliphatic hydroxyl groups excluding tert-OH is 1. The Morgan fingerprint density at radius 3 is 2.72 bits per heavy atom. The van der Waals surface area contributed by atoms with Crippen molar-refractivity contribution in [2.45, 2.75) is 12.5 Å². The molecule has 0 aliphatic heterocycles. The Hall–Kier alpha value is -3.21. The molecule has 1 aromatic heterocycles. The van der Waals surface area contributed by atoms with Crippen LogP contribution in [0, 0.1) is 11.3 Å². The van der Waals surface area contributed by atoms with Gasteiger partial charge in [-0.25, -0.2) is 0 Å². The fourth-order valence-electron chi connectivity index (χ4n) is 3.14. The molecule has 1 unspecified atom stereocenters. The van der Waals surface area contributed by atoms with Crippen molar-refractivity contribution in [3.05, 3.63) is 53.7 Å². The van der Waals surface area contributed by atoms with Gasteiger partial charge in [0.05, 0.1) is 30.7 Å². The van der Waals surface area contributed by atoms with E-state index in [1.807, 2.05) is 30.3 Å². The van der Waals surface area contributed by atoms with Gasteiger partial charge in [0.25, 0.3) is 0 Å². The summed E-state index contributed by atoms with van der Waals surface area (Å²) in [5.41, 5.74) is 2.48. The van der Waals surface area contributed by atoms with E-state index in [0.29, 0.717) is 35.9 Å². The summed E-state index contributed by atoms with van der Waals surface area (Å²) in [5, 5.41) is 23.4. The Bertz CT molecular complexity index is 993. The maximum Gasteiger partial charge on any atom is 0.160 e. The minimum Gasteiger partial charge on any atom is -0.493 e. The molecule has 0 saturated carbocycles. The zero-order chi connectivity index (χ0) is 20.6. The third kappa shape index (κ3) is 4.99. The fraction of sp³-hybridized carbons (Fsp3) is 0.318. The molecule has 152 valence electrons. The predicted octanol–water partition coefficient (Wildman–Crippen LogP) is 2.63. The van der Waals surface area contributed by atoms with Crippen molar-refractivity contribution in [3.8, 4) is 23.3 Å². The van der Waals surface area contributed by atoms with Crippen molar-refractivity contribution in [2.24, 2.45) is 0 Å². The van der Waals surface area contributed by atoms with Gasteiger partial charge in [0.1, 0.15) is 24.5 Å². The third-order valence-electron chi connectivity index (χ3n) is 4.64. The van der Waals surface area contributed by atoms with E-state index in [1.54, 1.807) is 26.5 Å². The number of fused-ring (bicyclic) bond motifs is 1. The highest BCUT2D eigenvalue weighted by molar-refractivity contribution is 5.91. The molecule has 0 spiro atoms. The molecular formula is C22H25N3O4. The number of aromatic amines is 1. The number of ether oxygens (including phenoxy) is 3. The van der Waals surface area contributed by atoms with Crippen molar-refractivity contribution in [1.82, 2.24) is 10.3 Å². The largest absolute Gasteiger partial charge is 0.493 e. The summed E-state index contributed by atoms with van der Waals surface area (Å²) < 4.78 is 16.3. The van der Waals surface area contributed by atoms with Crippen LogP contribution < -0.4 is 19.5 Å². The number of nitrogens with zero attached hydrogens (tertiary/aromatic N) is 1. The van der Waals surface area contributed by atoms with Crippen LogP contribution >= 0.6 is 0 Å². The zero-order valence-corrected chi connectivity index (χ0v) is 16.6. The summed E-state index contributed by atoms with van der Waals surface area (Å²) in [6.07, 6.45) is 1.78. The molecular weight excluding hydrogens is 370 g/mol. The van der Waals surface area contributed by atoms with Crippen LogP contribution in [0.15, 0.2) is 42.6 Å². The highest BCUT2D eigenvalue weighted by atomic mass is 16.5. The Kier molecular flexibility index (Phi) is 6.95. The molecule has 2 aromatic carbocycles. The van der Waals surface area contributed by atoms with Gasteiger partial charge in [-0.2, -0.15) is 5.26 Å². The van der Waals surface area contributed by atoms with Crippen molar-refractivity contribution >= 4 is 10.9 Å². The molecule has 0 fully saturated rings. The standard InChI is InChI=1S/C22H25N3O4/c1-27-19-7-6-15(10-21(19)28-2)8-9-24-13-17(26)14-29-20-5-3-4-18-22(20)16(11-23)12-25-18/h3-7,10,12,17,24-26H,8-9,13-14H2,1-2H3. The van der Waals surface area contributed by atoms with Crippen molar-refractivity contribution < 1.29 is 19.3 Å². The second-order valence-electron chi connectivity index (χ2n) is 6.60. The Labute approximate surface area is 169 Å². The smallest absolute Gasteiger partial charge is 0.160 e. The van der Waals surface area contributed by atoms with E-state index in [1.165, 1.54) is 0 Å².